The van der Waals surface area contributed by atoms with Crippen molar-refractivity contribution in [3.63, 3.8) is 0 Å². The molecule has 2 heterocycles. The number of ether oxygens (including phenoxy) is 1. The van der Waals surface area contributed by atoms with Crippen molar-refractivity contribution >= 4 is 45.2 Å². The zero-order chi connectivity index (χ0) is 19.4. The molecule has 1 N–H and O–H groups in total. The van der Waals surface area contributed by atoms with Crippen LogP contribution >= 0.6 is 22.7 Å². The highest BCUT2D eigenvalue weighted by atomic mass is 32.1. The molecule has 0 bridgehead atoms. The first-order valence-electron chi connectivity index (χ1n) is 7.79. The molecule has 0 fully saturated rings. The second kappa shape index (κ2) is 8.11. The lowest BCUT2D eigenvalue weighted by Crippen LogP contribution is -2.11. The van der Waals surface area contributed by atoms with Crippen molar-refractivity contribution in [1.82, 2.24) is 0 Å². The number of anilines is 1. The first-order chi connectivity index (χ1) is 13.0. The Balaban J connectivity index is 1.81. The minimum Gasteiger partial charge on any atom is -0.457 e. The molecular formula is C18H14N2O5S2. The highest BCUT2D eigenvalue weighted by Crippen LogP contribution is 2.38. The molecule has 0 unspecified atom stereocenters. The Kier molecular flexibility index (Phi) is 5.63. The number of amides is 1. The molecule has 0 spiro atoms. The molecule has 0 radical (unpaired) electrons. The lowest BCUT2D eigenvalue weighted by atomic mass is 10.1. The molecule has 2 aromatic heterocycles. The molecule has 0 aliphatic heterocycles. The molecule has 0 saturated carbocycles. The van der Waals surface area contributed by atoms with E-state index in [-0.39, 0.29) is 18.2 Å². The summed E-state index contributed by atoms with van der Waals surface area (Å²) in [6, 6.07) is 9.54. The van der Waals surface area contributed by atoms with Crippen LogP contribution in [0.2, 0.25) is 0 Å². The number of nitrogens with one attached hydrogen (secondary N) is 1. The molecule has 1 aromatic carbocycles. The Morgan fingerprint density at radius 3 is 2.52 bits per heavy atom. The molecule has 27 heavy (non-hydrogen) atoms. The number of benzene rings is 1. The van der Waals surface area contributed by atoms with E-state index >= 15 is 0 Å². The summed E-state index contributed by atoms with van der Waals surface area (Å²) in [6.07, 6.45) is 0. The zero-order valence-electron chi connectivity index (χ0n) is 14.1. The third kappa shape index (κ3) is 4.39. The highest BCUT2D eigenvalue weighted by molar-refractivity contribution is 7.17. The molecule has 0 aliphatic carbocycles. The van der Waals surface area contributed by atoms with Gasteiger partial charge in [-0.15, -0.1) is 22.7 Å². The third-order valence-corrected chi connectivity index (χ3v) is 5.39. The number of carbonyl (C=O) groups excluding carboxylic acids is 2. The number of nitrogens with zero attached hydrogens (tertiary/aromatic N) is 1. The molecule has 7 nitrogen and oxygen atoms in total. The van der Waals surface area contributed by atoms with Gasteiger partial charge < -0.3 is 10.1 Å². The van der Waals surface area contributed by atoms with E-state index < -0.39 is 10.9 Å². The molecule has 3 aromatic rings. The van der Waals surface area contributed by atoms with Crippen LogP contribution in [-0.2, 0) is 16.1 Å². The first-order valence-corrected chi connectivity index (χ1v) is 9.55. The minimum absolute atomic E-state index is 0.0316. The number of esters is 1. The fourth-order valence-corrected chi connectivity index (χ4v) is 4.18. The largest absolute Gasteiger partial charge is 0.457 e. The fourth-order valence-electron chi connectivity index (χ4n) is 2.36. The number of non-ortho nitro benzene ring substituents is 1. The Bertz CT molecular complexity index is 978. The second-order valence-corrected chi connectivity index (χ2v) is 7.34. The van der Waals surface area contributed by atoms with Crippen LogP contribution in [0.1, 0.15) is 22.8 Å². The van der Waals surface area contributed by atoms with E-state index in [1.807, 2.05) is 17.5 Å². The van der Waals surface area contributed by atoms with E-state index in [1.165, 1.54) is 53.9 Å². The molecule has 0 aliphatic rings. The SMILES string of the molecule is CC(=O)Nc1scc(-c2cccs2)c1C(=O)OCc1ccc([N+](=O)[O-])cc1. The molecule has 0 atom stereocenters. The Morgan fingerprint density at radius 2 is 1.93 bits per heavy atom. The molecule has 3 rings (SSSR count). The summed E-state index contributed by atoms with van der Waals surface area (Å²) < 4.78 is 5.38. The second-order valence-electron chi connectivity index (χ2n) is 5.51. The summed E-state index contributed by atoms with van der Waals surface area (Å²) in [6.45, 7) is 1.34. The van der Waals surface area contributed by atoms with Gasteiger partial charge in [0.05, 0.1) is 4.92 Å². The van der Waals surface area contributed by atoms with E-state index in [9.17, 15) is 19.7 Å². The smallest absolute Gasteiger partial charge is 0.342 e. The van der Waals surface area contributed by atoms with Gasteiger partial charge in [-0.2, -0.15) is 0 Å². The van der Waals surface area contributed by atoms with Gasteiger partial charge in [0, 0.05) is 34.9 Å². The van der Waals surface area contributed by atoms with E-state index in [4.69, 9.17) is 4.74 Å². The average Bonchev–Trinajstić information content (AvgIpc) is 3.29. The standard InChI is InChI=1S/C18H14N2O5S2/c1-11(21)19-17-16(14(10-27-17)15-3-2-8-26-15)18(22)25-9-12-4-6-13(7-5-12)20(23)24/h2-8,10H,9H2,1H3,(H,19,21). The molecule has 0 saturated heterocycles. The van der Waals surface area contributed by atoms with Gasteiger partial charge in [0.1, 0.15) is 17.2 Å². The number of nitro groups is 1. The van der Waals surface area contributed by atoms with E-state index in [0.29, 0.717) is 21.7 Å². The van der Waals surface area contributed by atoms with Crippen LogP contribution in [0, 0.1) is 10.1 Å². The number of hydrogen-bond acceptors (Lipinski definition) is 7. The van der Waals surface area contributed by atoms with Crippen LogP contribution in [0.4, 0.5) is 10.7 Å². The number of thiophene rings is 2. The van der Waals surface area contributed by atoms with Crippen molar-refractivity contribution in [3.8, 4) is 10.4 Å². The zero-order valence-corrected chi connectivity index (χ0v) is 15.8. The van der Waals surface area contributed by atoms with Crippen LogP contribution in [0.15, 0.2) is 47.2 Å². The summed E-state index contributed by atoms with van der Waals surface area (Å²) in [4.78, 5) is 35.2. The Hall–Kier alpha value is -3.04. The maximum absolute atomic E-state index is 12.7. The van der Waals surface area contributed by atoms with Crippen molar-refractivity contribution in [2.24, 2.45) is 0 Å². The van der Waals surface area contributed by atoms with Crippen LogP contribution in [0.3, 0.4) is 0 Å². The maximum atomic E-state index is 12.7. The fraction of sp³-hybridized carbons (Fsp3) is 0.111. The first kappa shape index (κ1) is 18.7. The van der Waals surface area contributed by atoms with E-state index in [2.05, 4.69) is 5.32 Å². The summed E-state index contributed by atoms with van der Waals surface area (Å²) in [5.74, 6) is -0.847. The van der Waals surface area contributed by atoms with Gasteiger partial charge in [0.25, 0.3) is 5.69 Å². The normalized spacial score (nSPS) is 10.4. The lowest BCUT2D eigenvalue weighted by Gasteiger charge is -2.08. The summed E-state index contributed by atoms with van der Waals surface area (Å²) in [5.41, 5.74) is 1.60. The van der Waals surface area contributed by atoms with Crippen LogP contribution < -0.4 is 5.32 Å². The molecule has 9 heteroatoms. The summed E-state index contributed by atoms with van der Waals surface area (Å²) in [5, 5.41) is 17.5. The predicted octanol–water partition coefficient (Wildman–Crippen LogP) is 4.70. The summed E-state index contributed by atoms with van der Waals surface area (Å²) >= 11 is 2.74. The van der Waals surface area contributed by atoms with Gasteiger partial charge in [-0.1, -0.05) is 6.07 Å². The van der Waals surface area contributed by atoms with Crippen molar-refractivity contribution in [3.05, 3.63) is 68.4 Å². The average molecular weight is 402 g/mol. The van der Waals surface area contributed by atoms with Gasteiger partial charge in [0.2, 0.25) is 5.91 Å². The third-order valence-electron chi connectivity index (χ3n) is 3.59. The number of carbonyl (C=O) groups is 2. The van der Waals surface area contributed by atoms with E-state index in [0.717, 1.165) is 4.88 Å². The van der Waals surface area contributed by atoms with Gasteiger partial charge >= 0.3 is 5.97 Å². The van der Waals surface area contributed by atoms with Gasteiger partial charge in [-0.25, -0.2) is 4.79 Å². The van der Waals surface area contributed by atoms with Crippen LogP contribution in [-0.4, -0.2) is 16.8 Å². The van der Waals surface area contributed by atoms with Crippen LogP contribution in [0.25, 0.3) is 10.4 Å². The number of hydrogen-bond donors (Lipinski definition) is 1. The van der Waals surface area contributed by atoms with Crippen molar-refractivity contribution in [2.45, 2.75) is 13.5 Å². The Morgan fingerprint density at radius 1 is 1.19 bits per heavy atom. The molecule has 1 amide bonds. The monoisotopic (exact) mass is 402 g/mol. The quantitative estimate of drug-likeness (QED) is 0.366. The molecule has 138 valence electrons. The van der Waals surface area contributed by atoms with Gasteiger partial charge in [-0.05, 0) is 29.1 Å². The highest BCUT2D eigenvalue weighted by Gasteiger charge is 2.23. The Labute approximate surface area is 162 Å². The number of nitro benzene ring substituents is 1. The van der Waals surface area contributed by atoms with Gasteiger partial charge in [0.15, 0.2) is 0 Å². The molecular weight excluding hydrogens is 388 g/mol. The van der Waals surface area contributed by atoms with Gasteiger partial charge in [-0.3, -0.25) is 14.9 Å². The van der Waals surface area contributed by atoms with Crippen LogP contribution in [0.5, 0.6) is 0 Å². The van der Waals surface area contributed by atoms with Crippen molar-refractivity contribution < 1.29 is 19.2 Å². The van der Waals surface area contributed by atoms with Crippen molar-refractivity contribution in [2.75, 3.05) is 5.32 Å². The lowest BCUT2D eigenvalue weighted by molar-refractivity contribution is -0.384. The summed E-state index contributed by atoms with van der Waals surface area (Å²) in [7, 11) is 0. The predicted molar refractivity (Wildman–Crippen MR) is 104 cm³/mol. The topological polar surface area (TPSA) is 98.5 Å². The maximum Gasteiger partial charge on any atom is 0.342 e. The number of rotatable bonds is 6. The van der Waals surface area contributed by atoms with E-state index in [1.54, 1.807) is 5.38 Å². The van der Waals surface area contributed by atoms with Crippen molar-refractivity contribution in [1.29, 1.82) is 0 Å². The minimum atomic E-state index is -0.568.